The third-order valence-corrected chi connectivity index (χ3v) is 4.94. The second-order valence-electron chi connectivity index (χ2n) is 5.76. The normalized spacial score (nSPS) is 11.4. The van der Waals surface area contributed by atoms with E-state index >= 15 is 0 Å². The Labute approximate surface area is 139 Å². The van der Waals surface area contributed by atoms with Gasteiger partial charge < -0.3 is 4.90 Å². The predicted octanol–water partition coefficient (Wildman–Crippen LogP) is 4.46. The summed E-state index contributed by atoms with van der Waals surface area (Å²) < 4.78 is 0.207. The minimum absolute atomic E-state index is 0.00243. The highest BCUT2D eigenvalue weighted by molar-refractivity contribution is 8.00. The van der Waals surface area contributed by atoms with Crippen molar-refractivity contribution in [2.75, 3.05) is 13.1 Å². The van der Waals surface area contributed by atoms with Gasteiger partial charge in [0, 0.05) is 23.1 Å². The van der Waals surface area contributed by atoms with Crippen molar-refractivity contribution in [3.05, 3.63) is 35.9 Å². The van der Waals surface area contributed by atoms with Crippen LogP contribution in [0, 0.1) is 12.3 Å². The van der Waals surface area contributed by atoms with Gasteiger partial charge in [0.15, 0.2) is 0 Å². The molecule has 0 aliphatic heterocycles. The highest BCUT2D eigenvalue weighted by Crippen LogP contribution is 2.37. The molecule has 0 saturated heterocycles. The van der Waals surface area contributed by atoms with Gasteiger partial charge in [0.1, 0.15) is 0 Å². The maximum Gasteiger partial charge on any atom is 0.220 e. The van der Waals surface area contributed by atoms with E-state index in [2.05, 4.69) is 51.0 Å². The van der Waals surface area contributed by atoms with E-state index in [1.165, 1.54) is 10.5 Å². The first kappa shape index (κ1) is 18.4. The molecule has 1 aromatic carbocycles. The lowest BCUT2D eigenvalue weighted by Gasteiger charge is -2.23. The zero-order chi connectivity index (χ0) is 16.6. The molecule has 0 radical (unpaired) electrons. The monoisotopic (exact) mass is 315 g/mol. The smallest absolute Gasteiger partial charge is 0.220 e. The Balaban J connectivity index is 2.83. The predicted molar refractivity (Wildman–Crippen MR) is 96.8 cm³/mol. The minimum atomic E-state index is -0.00243. The molecule has 22 heavy (non-hydrogen) atoms. The summed E-state index contributed by atoms with van der Waals surface area (Å²) in [7, 11) is 0. The van der Waals surface area contributed by atoms with Crippen molar-refractivity contribution in [3.63, 3.8) is 0 Å². The Kier molecular flexibility index (Phi) is 7.27. The minimum Gasteiger partial charge on any atom is -0.328 e. The number of carbonyl (C=O) groups is 1. The molecule has 3 heteroatoms. The summed E-state index contributed by atoms with van der Waals surface area (Å²) in [6.07, 6.45) is 10.5. The number of hydrogen-bond acceptors (Lipinski definition) is 2. The van der Waals surface area contributed by atoms with E-state index in [0.29, 0.717) is 13.1 Å². The molecule has 0 fully saturated rings. The molecule has 0 aromatic heterocycles. The summed E-state index contributed by atoms with van der Waals surface area (Å²) in [4.78, 5) is 14.4. The number of rotatable bonds is 7. The molecule has 1 amide bonds. The number of hydrogen-bond donors (Lipinski definition) is 0. The highest BCUT2D eigenvalue weighted by atomic mass is 32.2. The van der Waals surface area contributed by atoms with Crippen molar-refractivity contribution >= 4 is 23.7 Å². The van der Waals surface area contributed by atoms with Gasteiger partial charge in [-0.15, -0.1) is 18.2 Å². The van der Waals surface area contributed by atoms with Crippen molar-refractivity contribution in [1.29, 1.82) is 0 Å². The fourth-order valence-electron chi connectivity index (χ4n) is 1.80. The van der Waals surface area contributed by atoms with E-state index in [4.69, 9.17) is 6.42 Å². The van der Waals surface area contributed by atoms with E-state index < -0.39 is 0 Å². The van der Waals surface area contributed by atoms with Crippen molar-refractivity contribution < 1.29 is 4.79 Å². The standard InChI is InChI=1S/C19H25NOS/c1-6-14-20(16(3)21)15-10-12-17-11-8-9-13-18(17)22-19(4,5)7-2/h1,8-13H,7,14-15H2,2-5H3/b12-10+. The zero-order valence-corrected chi connectivity index (χ0v) is 14.7. The van der Waals surface area contributed by atoms with Gasteiger partial charge in [-0.1, -0.05) is 57.0 Å². The number of terminal acetylenes is 1. The van der Waals surface area contributed by atoms with E-state index in [9.17, 15) is 4.79 Å². The van der Waals surface area contributed by atoms with Crippen LogP contribution in [-0.2, 0) is 4.79 Å². The van der Waals surface area contributed by atoms with E-state index in [-0.39, 0.29) is 10.7 Å². The molecule has 1 aromatic rings. The van der Waals surface area contributed by atoms with Crippen LogP contribution in [0.5, 0.6) is 0 Å². The lowest BCUT2D eigenvalue weighted by atomic mass is 10.1. The molecule has 2 nitrogen and oxygen atoms in total. The molecular formula is C19H25NOS. The van der Waals surface area contributed by atoms with Gasteiger partial charge in [-0.25, -0.2) is 0 Å². The molecule has 0 N–H and O–H groups in total. The van der Waals surface area contributed by atoms with E-state index in [0.717, 1.165) is 6.42 Å². The fraction of sp³-hybridized carbons (Fsp3) is 0.421. The van der Waals surface area contributed by atoms with Crippen LogP contribution in [0.3, 0.4) is 0 Å². The summed E-state index contributed by atoms with van der Waals surface area (Å²) in [5.41, 5.74) is 1.18. The SMILES string of the molecule is C#CCN(C/C=C/c1ccccc1SC(C)(C)CC)C(C)=O. The van der Waals surface area contributed by atoms with Gasteiger partial charge in [0.25, 0.3) is 0 Å². The van der Waals surface area contributed by atoms with Crippen molar-refractivity contribution in [2.24, 2.45) is 0 Å². The Morgan fingerprint density at radius 2 is 2.09 bits per heavy atom. The van der Waals surface area contributed by atoms with Crippen LogP contribution in [0.4, 0.5) is 0 Å². The number of thioether (sulfide) groups is 1. The largest absolute Gasteiger partial charge is 0.328 e. The lowest BCUT2D eigenvalue weighted by molar-refractivity contribution is -0.127. The van der Waals surface area contributed by atoms with Gasteiger partial charge in [-0.3, -0.25) is 4.79 Å². The molecule has 0 saturated carbocycles. The summed E-state index contributed by atoms with van der Waals surface area (Å²) in [5.74, 6) is 2.51. The fourth-order valence-corrected chi connectivity index (χ4v) is 2.94. The Morgan fingerprint density at radius 3 is 2.68 bits per heavy atom. The summed E-state index contributed by atoms with van der Waals surface area (Å²) in [6.45, 7) is 9.13. The van der Waals surface area contributed by atoms with E-state index in [1.54, 1.807) is 11.8 Å². The van der Waals surface area contributed by atoms with Crippen molar-refractivity contribution in [2.45, 2.75) is 43.8 Å². The van der Waals surface area contributed by atoms with Gasteiger partial charge >= 0.3 is 0 Å². The van der Waals surface area contributed by atoms with Crippen LogP contribution in [0.25, 0.3) is 6.08 Å². The third-order valence-electron chi connectivity index (χ3n) is 3.51. The van der Waals surface area contributed by atoms with Gasteiger partial charge in [0.05, 0.1) is 6.54 Å². The molecule has 0 aliphatic rings. The average Bonchev–Trinajstić information content (AvgIpc) is 2.47. The van der Waals surface area contributed by atoms with Crippen LogP contribution in [0.2, 0.25) is 0 Å². The molecule has 0 bridgehead atoms. The first-order valence-corrected chi connectivity index (χ1v) is 8.35. The number of benzene rings is 1. The van der Waals surface area contributed by atoms with Gasteiger partial charge in [-0.2, -0.15) is 0 Å². The Hall–Kier alpha value is -1.66. The number of amides is 1. The third kappa shape index (κ3) is 5.99. The van der Waals surface area contributed by atoms with Crippen molar-refractivity contribution in [3.8, 4) is 12.3 Å². The second kappa shape index (κ2) is 8.70. The molecule has 0 aliphatic carbocycles. The molecule has 0 spiro atoms. The average molecular weight is 315 g/mol. The first-order chi connectivity index (χ1) is 10.4. The van der Waals surface area contributed by atoms with Crippen LogP contribution >= 0.6 is 11.8 Å². The molecule has 118 valence electrons. The van der Waals surface area contributed by atoms with E-state index in [1.807, 2.05) is 23.9 Å². The lowest BCUT2D eigenvalue weighted by Crippen LogP contribution is -2.29. The zero-order valence-electron chi connectivity index (χ0n) is 13.9. The Bertz CT molecular complexity index is 569. The molecule has 0 atom stereocenters. The maximum absolute atomic E-state index is 11.5. The first-order valence-electron chi connectivity index (χ1n) is 7.53. The summed E-state index contributed by atoms with van der Waals surface area (Å²) in [6, 6.07) is 8.34. The topological polar surface area (TPSA) is 20.3 Å². The molecule has 0 heterocycles. The van der Waals surface area contributed by atoms with Crippen LogP contribution in [0.1, 0.15) is 39.7 Å². The molecule has 0 unspecified atom stereocenters. The quantitative estimate of drug-likeness (QED) is 0.547. The summed E-state index contributed by atoms with van der Waals surface area (Å²) in [5, 5.41) is 0. The molecule has 1 rings (SSSR count). The Morgan fingerprint density at radius 1 is 1.41 bits per heavy atom. The van der Waals surface area contributed by atoms with Crippen LogP contribution in [-0.4, -0.2) is 28.6 Å². The number of carbonyl (C=O) groups excluding carboxylic acids is 1. The van der Waals surface area contributed by atoms with Crippen molar-refractivity contribution in [1.82, 2.24) is 4.90 Å². The maximum atomic E-state index is 11.5. The molecular weight excluding hydrogens is 290 g/mol. The number of nitrogens with zero attached hydrogens (tertiary/aromatic N) is 1. The highest BCUT2D eigenvalue weighted by Gasteiger charge is 2.17. The van der Waals surface area contributed by atoms with Gasteiger partial charge in [-0.05, 0) is 18.1 Å². The second-order valence-corrected chi connectivity index (χ2v) is 7.51. The van der Waals surface area contributed by atoms with Crippen LogP contribution in [0.15, 0.2) is 35.2 Å². The van der Waals surface area contributed by atoms with Crippen LogP contribution < -0.4 is 0 Å². The van der Waals surface area contributed by atoms with Gasteiger partial charge in [0.2, 0.25) is 5.91 Å². The summed E-state index contributed by atoms with van der Waals surface area (Å²) >= 11 is 1.88.